The van der Waals surface area contributed by atoms with Gasteiger partial charge in [0.1, 0.15) is 0 Å². The normalized spacial score (nSPS) is 18.4. The largest absolute Gasteiger partial charge is 0.378 e. The van der Waals surface area contributed by atoms with Crippen molar-refractivity contribution in [2.75, 3.05) is 30.4 Å². The number of amides is 1. The summed E-state index contributed by atoms with van der Waals surface area (Å²) in [4.78, 5) is 15.4. The Balaban J connectivity index is 2.31. The standard InChI is InChI=1S/C14H20N2O2/c1-9(2)8-15(3)10-5-6-11-12(7-10)16(4)14(18)13(11)17/h5-7,9,13,17H,8H2,1-4H3. The highest BCUT2D eigenvalue weighted by Gasteiger charge is 2.33. The number of aliphatic hydroxyl groups is 1. The van der Waals surface area contributed by atoms with E-state index in [0.29, 0.717) is 11.5 Å². The summed E-state index contributed by atoms with van der Waals surface area (Å²) in [5.41, 5.74) is 2.57. The number of fused-ring (bicyclic) bond motifs is 1. The van der Waals surface area contributed by atoms with Crippen molar-refractivity contribution < 1.29 is 9.90 Å². The Morgan fingerprint density at radius 1 is 1.44 bits per heavy atom. The lowest BCUT2D eigenvalue weighted by atomic mass is 10.1. The molecule has 1 aromatic rings. The van der Waals surface area contributed by atoms with Crippen LogP contribution in [0.1, 0.15) is 25.5 Å². The zero-order chi connectivity index (χ0) is 13.4. The molecule has 0 saturated carbocycles. The maximum absolute atomic E-state index is 11.7. The first-order chi connectivity index (χ1) is 8.41. The fourth-order valence-electron chi connectivity index (χ4n) is 2.38. The maximum atomic E-state index is 11.7. The Morgan fingerprint density at radius 3 is 2.72 bits per heavy atom. The molecule has 0 fully saturated rings. The molecule has 1 heterocycles. The molecule has 4 nitrogen and oxygen atoms in total. The summed E-state index contributed by atoms with van der Waals surface area (Å²) in [6.45, 7) is 5.30. The lowest BCUT2D eigenvalue weighted by Gasteiger charge is -2.22. The molecule has 1 atom stereocenters. The monoisotopic (exact) mass is 248 g/mol. The number of hydrogen-bond acceptors (Lipinski definition) is 3. The van der Waals surface area contributed by atoms with Crippen LogP contribution in [0.2, 0.25) is 0 Å². The fraction of sp³-hybridized carbons (Fsp3) is 0.500. The van der Waals surface area contributed by atoms with Gasteiger partial charge in [0.25, 0.3) is 5.91 Å². The maximum Gasteiger partial charge on any atom is 0.260 e. The van der Waals surface area contributed by atoms with E-state index in [1.165, 1.54) is 4.90 Å². The summed E-state index contributed by atoms with van der Waals surface area (Å²) < 4.78 is 0. The highest BCUT2D eigenvalue weighted by Crippen LogP contribution is 2.37. The Hall–Kier alpha value is -1.55. The molecule has 0 aromatic heterocycles. The van der Waals surface area contributed by atoms with E-state index in [0.717, 1.165) is 17.9 Å². The van der Waals surface area contributed by atoms with Crippen molar-refractivity contribution >= 4 is 17.3 Å². The van der Waals surface area contributed by atoms with Gasteiger partial charge in [0, 0.05) is 31.9 Å². The van der Waals surface area contributed by atoms with E-state index in [9.17, 15) is 9.90 Å². The molecule has 1 aromatic carbocycles. The predicted molar refractivity (Wildman–Crippen MR) is 72.9 cm³/mol. The van der Waals surface area contributed by atoms with E-state index in [1.807, 2.05) is 25.2 Å². The van der Waals surface area contributed by atoms with Gasteiger partial charge in [-0.25, -0.2) is 0 Å². The Bertz CT molecular complexity index is 471. The van der Waals surface area contributed by atoms with Gasteiger partial charge >= 0.3 is 0 Å². The SMILES string of the molecule is CC(C)CN(C)c1ccc2c(c1)N(C)C(=O)C2O. The van der Waals surface area contributed by atoms with Gasteiger partial charge in [-0.05, 0) is 18.1 Å². The van der Waals surface area contributed by atoms with E-state index in [-0.39, 0.29) is 5.91 Å². The number of aliphatic hydroxyl groups excluding tert-OH is 1. The molecule has 1 aliphatic heterocycles. The first kappa shape index (κ1) is 12.9. The highest BCUT2D eigenvalue weighted by atomic mass is 16.3. The molecule has 0 saturated heterocycles. The van der Waals surface area contributed by atoms with Crippen LogP contribution in [0.15, 0.2) is 18.2 Å². The lowest BCUT2D eigenvalue weighted by Crippen LogP contribution is -2.24. The zero-order valence-electron chi connectivity index (χ0n) is 11.3. The molecule has 2 rings (SSSR count). The predicted octanol–water partition coefficient (Wildman–Crippen LogP) is 1.79. The minimum absolute atomic E-state index is 0.256. The summed E-state index contributed by atoms with van der Waals surface area (Å²) in [5.74, 6) is 0.321. The molecule has 4 heteroatoms. The number of likely N-dealkylation sites (N-methyl/N-ethyl adjacent to an activating group) is 1. The van der Waals surface area contributed by atoms with Gasteiger partial charge in [0.2, 0.25) is 0 Å². The van der Waals surface area contributed by atoms with Crippen LogP contribution in [0.4, 0.5) is 11.4 Å². The van der Waals surface area contributed by atoms with Crippen LogP contribution in [0.5, 0.6) is 0 Å². The van der Waals surface area contributed by atoms with Gasteiger partial charge < -0.3 is 14.9 Å². The van der Waals surface area contributed by atoms with Gasteiger partial charge in [-0.2, -0.15) is 0 Å². The first-order valence-electron chi connectivity index (χ1n) is 6.22. The van der Waals surface area contributed by atoms with Crippen molar-refractivity contribution in [2.45, 2.75) is 20.0 Å². The fourth-order valence-corrected chi connectivity index (χ4v) is 2.38. The Morgan fingerprint density at radius 2 is 2.11 bits per heavy atom. The Labute approximate surface area is 108 Å². The van der Waals surface area contributed by atoms with Crippen LogP contribution in [0.25, 0.3) is 0 Å². The van der Waals surface area contributed by atoms with Gasteiger partial charge in [-0.1, -0.05) is 19.9 Å². The van der Waals surface area contributed by atoms with Crippen LogP contribution in [-0.4, -0.2) is 31.7 Å². The number of rotatable bonds is 3. The summed E-state index contributed by atoms with van der Waals surface area (Å²) in [5, 5.41) is 9.79. The van der Waals surface area contributed by atoms with Gasteiger partial charge in [0.05, 0.1) is 5.69 Å². The average molecular weight is 248 g/mol. The minimum atomic E-state index is -1.01. The highest BCUT2D eigenvalue weighted by molar-refractivity contribution is 6.03. The molecular weight excluding hydrogens is 228 g/mol. The molecule has 1 unspecified atom stereocenters. The smallest absolute Gasteiger partial charge is 0.260 e. The summed E-state index contributed by atoms with van der Waals surface area (Å²) in [6.07, 6.45) is -1.01. The number of benzene rings is 1. The van der Waals surface area contributed by atoms with E-state index < -0.39 is 6.10 Å². The second-order valence-electron chi connectivity index (χ2n) is 5.32. The first-order valence-corrected chi connectivity index (χ1v) is 6.22. The average Bonchev–Trinajstić information content (AvgIpc) is 2.53. The number of anilines is 2. The van der Waals surface area contributed by atoms with Crippen LogP contribution in [0, 0.1) is 5.92 Å². The molecule has 18 heavy (non-hydrogen) atoms. The topological polar surface area (TPSA) is 43.8 Å². The van der Waals surface area contributed by atoms with Crippen molar-refractivity contribution in [1.82, 2.24) is 0 Å². The third-order valence-electron chi connectivity index (χ3n) is 3.31. The Kier molecular flexibility index (Phi) is 3.30. The van der Waals surface area contributed by atoms with Crippen molar-refractivity contribution in [3.8, 4) is 0 Å². The van der Waals surface area contributed by atoms with E-state index in [2.05, 4.69) is 18.7 Å². The van der Waals surface area contributed by atoms with Crippen molar-refractivity contribution in [2.24, 2.45) is 5.92 Å². The molecule has 1 aliphatic rings. The van der Waals surface area contributed by atoms with Crippen molar-refractivity contribution in [1.29, 1.82) is 0 Å². The van der Waals surface area contributed by atoms with Crippen LogP contribution in [0.3, 0.4) is 0 Å². The number of carbonyl (C=O) groups excluding carboxylic acids is 1. The van der Waals surface area contributed by atoms with Gasteiger partial charge in [0.15, 0.2) is 6.10 Å². The number of nitrogens with zero attached hydrogens (tertiary/aromatic N) is 2. The molecule has 0 radical (unpaired) electrons. The second-order valence-corrected chi connectivity index (χ2v) is 5.32. The van der Waals surface area contributed by atoms with Crippen LogP contribution < -0.4 is 9.80 Å². The molecule has 1 N–H and O–H groups in total. The van der Waals surface area contributed by atoms with Gasteiger partial charge in [-0.15, -0.1) is 0 Å². The van der Waals surface area contributed by atoms with Gasteiger partial charge in [-0.3, -0.25) is 4.79 Å². The molecule has 0 aliphatic carbocycles. The minimum Gasteiger partial charge on any atom is -0.378 e. The van der Waals surface area contributed by atoms with Crippen molar-refractivity contribution in [3.05, 3.63) is 23.8 Å². The molecule has 0 spiro atoms. The molecule has 1 amide bonds. The molecule has 98 valence electrons. The summed E-state index contributed by atoms with van der Waals surface area (Å²) in [6, 6.07) is 5.76. The third kappa shape index (κ3) is 2.08. The molecular formula is C14H20N2O2. The van der Waals surface area contributed by atoms with Crippen LogP contribution in [-0.2, 0) is 4.79 Å². The lowest BCUT2D eigenvalue weighted by molar-refractivity contribution is -0.125. The van der Waals surface area contributed by atoms with E-state index in [4.69, 9.17) is 0 Å². The molecule has 0 bridgehead atoms. The quantitative estimate of drug-likeness (QED) is 0.887. The zero-order valence-corrected chi connectivity index (χ0v) is 11.3. The third-order valence-corrected chi connectivity index (χ3v) is 3.31. The number of hydrogen-bond donors (Lipinski definition) is 1. The second kappa shape index (κ2) is 4.61. The van der Waals surface area contributed by atoms with Crippen molar-refractivity contribution in [3.63, 3.8) is 0 Å². The van der Waals surface area contributed by atoms with E-state index >= 15 is 0 Å². The summed E-state index contributed by atoms with van der Waals surface area (Å²) in [7, 11) is 3.73. The van der Waals surface area contributed by atoms with Crippen LogP contribution >= 0.6 is 0 Å². The van der Waals surface area contributed by atoms with E-state index in [1.54, 1.807) is 7.05 Å². The summed E-state index contributed by atoms with van der Waals surface area (Å²) >= 11 is 0. The number of carbonyl (C=O) groups is 1.